The number of carboxylic acid groups (broad SMARTS) is 1. The van der Waals surface area contributed by atoms with E-state index < -0.39 is 18.0 Å². The number of nitrogens with zero attached hydrogens (tertiary/aromatic N) is 2. The average Bonchev–Trinajstić information content (AvgIpc) is 3.51. The summed E-state index contributed by atoms with van der Waals surface area (Å²) in [6.07, 6.45) is 1.20. The number of halogens is 2. The summed E-state index contributed by atoms with van der Waals surface area (Å²) in [6, 6.07) is 12.4. The minimum atomic E-state index is -1.15. The molecule has 4 aromatic rings. The van der Waals surface area contributed by atoms with Crippen LogP contribution in [-0.4, -0.2) is 34.8 Å². The van der Waals surface area contributed by atoms with Gasteiger partial charge in [-0.1, -0.05) is 38.9 Å². The number of hydrogen-bond acceptors (Lipinski definition) is 8. The first kappa shape index (κ1) is 29.6. The van der Waals surface area contributed by atoms with Gasteiger partial charge in [0.25, 0.3) is 5.56 Å². The van der Waals surface area contributed by atoms with Crippen molar-refractivity contribution in [2.75, 3.05) is 7.11 Å². The standard InChI is InChI=1S/C30H24BrClN2O7S/c1-14(2)40-29(38)25-15(3)33-30-34(26(25)20-12-17(31)6-9-23(20)39-4)27(35)24(42-30)13-18-7-10-22(41-18)16-5-8-21(32)19(11-16)28(36)37/h5-14,26H,1-4H3,(H,36,37)/b24-13-/t26-/m0/s1. The number of allylic oxidation sites excluding steroid dienone is 1. The van der Waals surface area contributed by atoms with E-state index in [0.717, 1.165) is 15.8 Å². The van der Waals surface area contributed by atoms with Crippen LogP contribution < -0.4 is 19.6 Å². The first-order valence-electron chi connectivity index (χ1n) is 12.7. The van der Waals surface area contributed by atoms with Gasteiger partial charge in [0.2, 0.25) is 0 Å². The van der Waals surface area contributed by atoms with Crippen LogP contribution in [0.5, 0.6) is 5.75 Å². The van der Waals surface area contributed by atoms with Crippen LogP contribution in [0.3, 0.4) is 0 Å². The van der Waals surface area contributed by atoms with E-state index in [1.807, 2.05) is 6.07 Å². The third-order valence-corrected chi connectivity index (χ3v) is 8.26. The van der Waals surface area contributed by atoms with E-state index in [0.29, 0.717) is 43.4 Å². The average molecular weight is 672 g/mol. The second-order valence-corrected chi connectivity index (χ2v) is 12.0. The predicted molar refractivity (Wildman–Crippen MR) is 162 cm³/mol. The Morgan fingerprint density at radius 2 is 1.95 bits per heavy atom. The van der Waals surface area contributed by atoms with Crippen LogP contribution in [0.25, 0.3) is 17.4 Å². The van der Waals surface area contributed by atoms with E-state index in [9.17, 15) is 19.5 Å². The molecule has 0 spiro atoms. The number of thiazole rings is 1. The van der Waals surface area contributed by atoms with Crippen molar-refractivity contribution in [3.05, 3.63) is 106 Å². The Labute approximate surface area is 257 Å². The molecule has 5 rings (SSSR count). The van der Waals surface area contributed by atoms with Crippen LogP contribution in [-0.2, 0) is 9.53 Å². The second kappa shape index (κ2) is 11.7. The molecular formula is C30H24BrClN2O7S. The minimum Gasteiger partial charge on any atom is -0.496 e. The van der Waals surface area contributed by atoms with Gasteiger partial charge in [0.1, 0.15) is 23.3 Å². The van der Waals surface area contributed by atoms with E-state index in [-0.39, 0.29) is 27.8 Å². The summed E-state index contributed by atoms with van der Waals surface area (Å²) >= 11 is 10.6. The summed E-state index contributed by atoms with van der Waals surface area (Å²) in [5.74, 6) is -0.472. The van der Waals surface area contributed by atoms with Crippen LogP contribution in [0.15, 0.2) is 78.5 Å². The molecule has 0 amide bonds. The highest BCUT2D eigenvalue weighted by Gasteiger charge is 2.35. The third-order valence-electron chi connectivity index (χ3n) is 6.45. The number of ether oxygens (including phenoxy) is 2. The zero-order valence-electron chi connectivity index (χ0n) is 22.8. The minimum absolute atomic E-state index is 0.0504. The van der Waals surface area contributed by atoms with Crippen LogP contribution in [0, 0.1) is 0 Å². The Morgan fingerprint density at radius 1 is 1.19 bits per heavy atom. The Balaban J connectivity index is 1.65. The van der Waals surface area contributed by atoms with Gasteiger partial charge in [-0.3, -0.25) is 9.36 Å². The fraction of sp³-hybridized carbons (Fsp3) is 0.200. The first-order valence-corrected chi connectivity index (χ1v) is 14.7. The maximum atomic E-state index is 14.0. The van der Waals surface area contributed by atoms with Crippen molar-refractivity contribution in [3.63, 3.8) is 0 Å². The monoisotopic (exact) mass is 670 g/mol. The molecule has 2 aromatic heterocycles. The smallest absolute Gasteiger partial charge is 0.338 e. The lowest BCUT2D eigenvalue weighted by molar-refractivity contribution is -0.143. The number of rotatable bonds is 7. The SMILES string of the molecule is COc1ccc(Br)cc1[C@H]1C(C(=O)OC(C)C)=C(C)N=c2s/c(=C\c3ccc(-c4ccc(Cl)c(C(=O)O)c4)o3)c(=O)n21. The largest absolute Gasteiger partial charge is 0.496 e. The molecule has 216 valence electrons. The van der Waals surface area contributed by atoms with Crippen LogP contribution in [0.2, 0.25) is 5.02 Å². The lowest BCUT2D eigenvalue weighted by atomic mass is 9.95. The molecule has 0 saturated heterocycles. The number of carbonyl (C=O) groups is 2. The van der Waals surface area contributed by atoms with Crippen molar-refractivity contribution in [2.45, 2.75) is 32.9 Å². The lowest BCUT2D eigenvalue weighted by Crippen LogP contribution is -2.40. The van der Waals surface area contributed by atoms with Crippen LogP contribution in [0.1, 0.15) is 48.5 Å². The van der Waals surface area contributed by atoms with E-state index in [1.54, 1.807) is 57.2 Å². The molecule has 12 heteroatoms. The van der Waals surface area contributed by atoms with Gasteiger partial charge in [-0.05, 0) is 69.3 Å². The highest BCUT2D eigenvalue weighted by molar-refractivity contribution is 9.10. The van der Waals surface area contributed by atoms with Crippen molar-refractivity contribution in [1.29, 1.82) is 0 Å². The number of benzene rings is 2. The quantitative estimate of drug-likeness (QED) is 0.255. The molecule has 1 N–H and O–H groups in total. The molecule has 3 heterocycles. The zero-order valence-corrected chi connectivity index (χ0v) is 26.0. The Bertz CT molecular complexity index is 1950. The Kier molecular flexibility index (Phi) is 8.27. The van der Waals surface area contributed by atoms with Crippen molar-refractivity contribution >= 4 is 56.9 Å². The fourth-order valence-corrected chi connectivity index (χ4v) is 6.23. The van der Waals surface area contributed by atoms with Gasteiger partial charge < -0.3 is 19.0 Å². The molecule has 42 heavy (non-hydrogen) atoms. The molecule has 1 aliphatic rings. The Morgan fingerprint density at radius 3 is 2.64 bits per heavy atom. The van der Waals surface area contributed by atoms with Crippen molar-refractivity contribution in [1.82, 2.24) is 4.57 Å². The van der Waals surface area contributed by atoms with Gasteiger partial charge in [-0.2, -0.15) is 0 Å². The van der Waals surface area contributed by atoms with Gasteiger partial charge in [0.05, 0.1) is 39.6 Å². The maximum Gasteiger partial charge on any atom is 0.338 e. The Hall–Kier alpha value is -3.93. The molecule has 9 nitrogen and oxygen atoms in total. The van der Waals surface area contributed by atoms with Gasteiger partial charge in [-0.15, -0.1) is 0 Å². The summed E-state index contributed by atoms with van der Waals surface area (Å²) in [6.45, 7) is 5.21. The number of furan rings is 1. The first-order chi connectivity index (χ1) is 20.0. The number of carbonyl (C=O) groups excluding carboxylic acids is 1. The van der Waals surface area contributed by atoms with Crippen molar-refractivity contribution in [3.8, 4) is 17.1 Å². The maximum absolute atomic E-state index is 14.0. The molecule has 0 bridgehead atoms. The van der Waals surface area contributed by atoms with Gasteiger partial charge in [0, 0.05) is 21.7 Å². The number of methoxy groups -OCH3 is 1. The summed E-state index contributed by atoms with van der Waals surface area (Å²) < 4.78 is 19.7. The molecule has 0 radical (unpaired) electrons. The van der Waals surface area contributed by atoms with Crippen LogP contribution >= 0.6 is 38.9 Å². The topological polar surface area (TPSA) is 120 Å². The highest BCUT2D eigenvalue weighted by atomic mass is 79.9. The van der Waals surface area contributed by atoms with Crippen molar-refractivity contribution < 1.29 is 28.6 Å². The third kappa shape index (κ3) is 5.59. The molecule has 0 unspecified atom stereocenters. The van der Waals surface area contributed by atoms with Gasteiger partial charge >= 0.3 is 11.9 Å². The van der Waals surface area contributed by atoms with Crippen LogP contribution in [0.4, 0.5) is 0 Å². The van der Waals surface area contributed by atoms with E-state index in [1.165, 1.54) is 23.8 Å². The van der Waals surface area contributed by atoms with E-state index in [2.05, 4.69) is 20.9 Å². The number of fused-ring (bicyclic) bond motifs is 1. The molecule has 0 fully saturated rings. The lowest BCUT2D eigenvalue weighted by Gasteiger charge is -2.26. The van der Waals surface area contributed by atoms with E-state index >= 15 is 0 Å². The highest BCUT2D eigenvalue weighted by Crippen LogP contribution is 2.37. The summed E-state index contributed by atoms with van der Waals surface area (Å²) in [5.41, 5.74) is 1.33. The molecule has 1 aliphatic heterocycles. The summed E-state index contributed by atoms with van der Waals surface area (Å²) in [7, 11) is 1.52. The predicted octanol–water partition coefficient (Wildman–Crippen LogP) is 5.57. The number of aromatic nitrogens is 1. The van der Waals surface area contributed by atoms with E-state index in [4.69, 9.17) is 25.5 Å². The van der Waals surface area contributed by atoms with Gasteiger partial charge in [0.15, 0.2) is 4.80 Å². The summed E-state index contributed by atoms with van der Waals surface area (Å²) in [5, 5.41) is 9.52. The van der Waals surface area contributed by atoms with Crippen molar-refractivity contribution in [2.24, 2.45) is 4.99 Å². The molecule has 0 aliphatic carbocycles. The molecule has 0 saturated carbocycles. The molecular weight excluding hydrogens is 648 g/mol. The normalized spacial score (nSPS) is 15.0. The number of aromatic carboxylic acids is 1. The number of esters is 1. The fourth-order valence-electron chi connectivity index (χ4n) is 4.63. The number of hydrogen-bond donors (Lipinski definition) is 1. The second-order valence-electron chi connectivity index (χ2n) is 9.62. The zero-order chi connectivity index (χ0) is 30.3. The molecule has 2 aromatic carbocycles. The summed E-state index contributed by atoms with van der Waals surface area (Å²) in [4.78, 5) is 43.8. The molecule has 1 atom stereocenters. The van der Waals surface area contributed by atoms with Gasteiger partial charge in [-0.25, -0.2) is 14.6 Å². The number of carboxylic acids is 1.